The van der Waals surface area contributed by atoms with Crippen molar-refractivity contribution in [2.24, 2.45) is 5.73 Å². The van der Waals surface area contributed by atoms with Crippen molar-refractivity contribution in [3.05, 3.63) is 29.6 Å². The van der Waals surface area contributed by atoms with Crippen molar-refractivity contribution in [2.75, 3.05) is 32.1 Å². The number of likely N-dealkylation sites (N-methyl/N-ethyl adjacent to an activating group) is 1. The van der Waals surface area contributed by atoms with Crippen molar-refractivity contribution in [2.45, 2.75) is 31.8 Å². The van der Waals surface area contributed by atoms with Gasteiger partial charge in [-0.05, 0) is 57.6 Å². The average molecular weight is 265 g/mol. The molecule has 19 heavy (non-hydrogen) atoms. The van der Waals surface area contributed by atoms with Crippen LogP contribution < -0.4 is 10.6 Å². The molecular weight excluding hydrogens is 241 g/mol. The average Bonchev–Trinajstić information content (AvgIpc) is 2.38. The molecule has 0 radical (unpaired) electrons. The van der Waals surface area contributed by atoms with Crippen molar-refractivity contribution in [3.8, 4) is 0 Å². The maximum absolute atomic E-state index is 13.4. The standard InChI is InChI=1S/C15H24FN3/c1-11(17)14-9-12(16)6-7-15(14)19-8-4-5-13(10-19)18(2)3/h6-7,9,11,13H,4-5,8,10,17H2,1-3H3/t11-,13?/m1/s1. The maximum atomic E-state index is 13.4. The summed E-state index contributed by atoms with van der Waals surface area (Å²) in [5, 5.41) is 0. The monoisotopic (exact) mass is 265 g/mol. The molecule has 1 heterocycles. The van der Waals surface area contributed by atoms with E-state index >= 15 is 0 Å². The molecule has 0 amide bonds. The maximum Gasteiger partial charge on any atom is 0.123 e. The lowest BCUT2D eigenvalue weighted by Gasteiger charge is -2.38. The lowest BCUT2D eigenvalue weighted by atomic mass is 10.0. The number of benzene rings is 1. The zero-order valence-corrected chi connectivity index (χ0v) is 12.1. The zero-order chi connectivity index (χ0) is 14.0. The minimum atomic E-state index is -0.211. The molecule has 1 aliphatic rings. The SMILES string of the molecule is C[C@@H](N)c1cc(F)ccc1N1CCCC(N(C)C)C1. The molecule has 1 saturated heterocycles. The van der Waals surface area contributed by atoms with Crippen molar-refractivity contribution in [3.63, 3.8) is 0 Å². The van der Waals surface area contributed by atoms with Crippen LogP contribution in [-0.4, -0.2) is 38.1 Å². The molecule has 3 nitrogen and oxygen atoms in total. The van der Waals surface area contributed by atoms with Gasteiger partial charge in [-0.25, -0.2) is 4.39 Å². The van der Waals surface area contributed by atoms with E-state index in [9.17, 15) is 4.39 Å². The van der Waals surface area contributed by atoms with Crippen LogP contribution in [0, 0.1) is 5.82 Å². The van der Waals surface area contributed by atoms with Crippen LogP contribution in [-0.2, 0) is 0 Å². The summed E-state index contributed by atoms with van der Waals surface area (Å²) in [6.07, 6.45) is 2.39. The highest BCUT2D eigenvalue weighted by Crippen LogP contribution is 2.29. The zero-order valence-electron chi connectivity index (χ0n) is 12.1. The van der Waals surface area contributed by atoms with E-state index in [-0.39, 0.29) is 11.9 Å². The molecule has 4 heteroatoms. The highest BCUT2D eigenvalue weighted by atomic mass is 19.1. The fraction of sp³-hybridized carbons (Fsp3) is 0.600. The molecule has 1 unspecified atom stereocenters. The highest BCUT2D eigenvalue weighted by molar-refractivity contribution is 5.55. The Balaban J connectivity index is 2.25. The van der Waals surface area contributed by atoms with E-state index in [1.165, 1.54) is 18.9 Å². The van der Waals surface area contributed by atoms with Gasteiger partial charge in [-0.15, -0.1) is 0 Å². The third-order valence-electron chi connectivity index (χ3n) is 3.95. The van der Waals surface area contributed by atoms with Gasteiger partial charge in [0.15, 0.2) is 0 Å². The summed E-state index contributed by atoms with van der Waals surface area (Å²) in [5.74, 6) is -0.211. The van der Waals surface area contributed by atoms with E-state index in [1.54, 1.807) is 6.07 Å². The normalized spacial score (nSPS) is 21.8. The first-order valence-corrected chi connectivity index (χ1v) is 6.95. The molecular formula is C15H24FN3. The summed E-state index contributed by atoms with van der Waals surface area (Å²) in [6.45, 7) is 3.92. The van der Waals surface area contributed by atoms with Gasteiger partial charge >= 0.3 is 0 Å². The second kappa shape index (κ2) is 5.88. The van der Waals surface area contributed by atoms with Crippen LogP contribution in [0.5, 0.6) is 0 Å². The van der Waals surface area contributed by atoms with Gasteiger partial charge in [-0.3, -0.25) is 0 Å². The summed E-state index contributed by atoms with van der Waals surface area (Å²) >= 11 is 0. The molecule has 2 rings (SSSR count). The molecule has 1 aromatic carbocycles. The lowest BCUT2D eigenvalue weighted by Crippen LogP contribution is -2.45. The Labute approximate surface area is 115 Å². The van der Waals surface area contributed by atoms with Gasteiger partial charge in [0, 0.05) is 30.9 Å². The van der Waals surface area contributed by atoms with E-state index in [0.29, 0.717) is 6.04 Å². The Hall–Kier alpha value is -1.13. The number of piperidine rings is 1. The van der Waals surface area contributed by atoms with Crippen molar-refractivity contribution in [1.29, 1.82) is 0 Å². The van der Waals surface area contributed by atoms with Crippen molar-refractivity contribution >= 4 is 5.69 Å². The van der Waals surface area contributed by atoms with Crippen LogP contribution in [0.3, 0.4) is 0 Å². The molecule has 0 aliphatic carbocycles. The van der Waals surface area contributed by atoms with Crippen LogP contribution in [0.1, 0.15) is 31.4 Å². The van der Waals surface area contributed by atoms with E-state index < -0.39 is 0 Å². The van der Waals surface area contributed by atoms with Crippen LogP contribution in [0.15, 0.2) is 18.2 Å². The second-order valence-corrected chi connectivity index (χ2v) is 5.70. The summed E-state index contributed by atoms with van der Waals surface area (Å²) < 4.78 is 13.4. The third kappa shape index (κ3) is 3.25. The fourth-order valence-electron chi connectivity index (χ4n) is 2.77. The van der Waals surface area contributed by atoms with Gasteiger partial charge in [0.2, 0.25) is 0 Å². The quantitative estimate of drug-likeness (QED) is 0.910. The third-order valence-corrected chi connectivity index (χ3v) is 3.95. The molecule has 0 spiro atoms. The molecule has 0 saturated carbocycles. The van der Waals surface area contributed by atoms with E-state index in [2.05, 4.69) is 23.9 Å². The van der Waals surface area contributed by atoms with Gasteiger partial charge in [-0.2, -0.15) is 0 Å². The van der Waals surface area contributed by atoms with Gasteiger partial charge in [-0.1, -0.05) is 0 Å². The van der Waals surface area contributed by atoms with Crippen LogP contribution in [0.25, 0.3) is 0 Å². The van der Waals surface area contributed by atoms with E-state index in [4.69, 9.17) is 5.73 Å². The minimum Gasteiger partial charge on any atom is -0.370 e. The van der Waals surface area contributed by atoms with Crippen LogP contribution >= 0.6 is 0 Å². The predicted octanol–water partition coefficient (Wildman–Crippen LogP) is 2.38. The Morgan fingerprint density at radius 3 is 2.79 bits per heavy atom. The van der Waals surface area contributed by atoms with Crippen molar-refractivity contribution < 1.29 is 4.39 Å². The lowest BCUT2D eigenvalue weighted by molar-refractivity contribution is 0.258. The molecule has 1 aromatic rings. The molecule has 106 valence electrons. The van der Waals surface area contributed by atoms with Gasteiger partial charge in [0.1, 0.15) is 5.82 Å². The number of rotatable bonds is 3. The van der Waals surface area contributed by atoms with Crippen LogP contribution in [0.2, 0.25) is 0 Å². The predicted molar refractivity (Wildman–Crippen MR) is 77.9 cm³/mol. The summed E-state index contributed by atoms with van der Waals surface area (Å²) in [6, 6.07) is 5.37. The van der Waals surface area contributed by atoms with Gasteiger partial charge in [0.05, 0.1) is 0 Å². The van der Waals surface area contributed by atoms with E-state index in [0.717, 1.165) is 24.3 Å². The molecule has 2 atom stereocenters. The molecule has 1 aliphatic heterocycles. The Morgan fingerprint density at radius 2 is 2.16 bits per heavy atom. The Bertz CT molecular complexity index is 431. The first kappa shape index (κ1) is 14.3. The summed E-state index contributed by atoms with van der Waals surface area (Å²) in [7, 11) is 4.23. The number of anilines is 1. The number of hydrogen-bond donors (Lipinski definition) is 1. The largest absolute Gasteiger partial charge is 0.370 e. The molecule has 0 aromatic heterocycles. The topological polar surface area (TPSA) is 32.5 Å². The first-order valence-electron chi connectivity index (χ1n) is 6.95. The Morgan fingerprint density at radius 1 is 1.42 bits per heavy atom. The number of hydrogen-bond acceptors (Lipinski definition) is 3. The number of nitrogens with two attached hydrogens (primary N) is 1. The van der Waals surface area contributed by atoms with Gasteiger partial charge < -0.3 is 15.5 Å². The summed E-state index contributed by atoms with van der Waals surface area (Å²) in [4.78, 5) is 4.60. The fourth-order valence-corrected chi connectivity index (χ4v) is 2.77. The van der Waals surface area contributed by atoms with Crippen LogP contribution in [0.4, 0.5) is 10.1 Å². The molecule has 1 fully saturated rings. The van der Waals surface area contributed by atoms with E-state index in [1.807, 2.05) is 13.0 Å². The molecule has 0 bridgehead atoms. The number of halogens is 1. The Kier molecular flexibility index (Phi) is 4.42. The minimum absolute atomic E-state index is 0.148. The summed E-state index contributed by atoms with van der Waals surface area (Å²) in [5.41, 5.74) is 7.97. The smallest absolute Gasteiger partial charge is 0.123 e. The number of nitrogens with zero attached hydrogens (tertiary/aromatic N) is 2. The molecule has 2 N–H and O–H groups in total. The van der Waals surface area contributed by atoms with Crippen molar-refractivity contribution in [1.82, 2.24) is 4.90 Å². The highest BCUT2D eigenvalue weighted by Gasteiger charge is 2.23. The van der Waals surface area contributed by atoms with Gasteiger partial charge in [0.25, 0.3) is 0 Å². The first-order chi connectivity index (χ1) is 8.99. The second-order valence-electron chi connectivity index (χ2n) is 5.70.